The molecule has 10 heteroatoms. The molecule has 0 aliphatic heterocycles. The van der Waals surface area contributed by atoms with E-state index in [2.05, 4.69) is 5.32 Å². The summed E-state index contributed by atoms with van der Waals surface area (Å²) >= 11 is 0. The van der Waals surface area contributed by atoms with E-state index in [9.17, 15) is 18.0 Å². The van der Waals surface area contributed by atoms with Crippen molar-refractivity contribution in [3.8, 4) is 11.5 Å². The monoisotopic (exact) mass is 567 g/mol. The lowest BCUT2D eigenvalue weighted by molar-refractivity contribution is -0.139. The zero-order chi connectivity index (χ0) is 29.3. The SMILES string of the molecule is CC[C@@H](C)NC(=O)[C@@H](C)N(Cc1ccccc1)C(=O)CN(c1ccccc1OC)S(=O)(=O)c1ccc(OC)cc1. The molecule has 3 rings (SSSR count). The molecule has 0 aliphatic rings. The van der Waals surface area contributed by atoms with Crippen molar-refractivity contribution < 1.29 is 27.5 Å². The molecule has 1 N–H and O–H groups in total. The summed E-state index contributed by atoms with van der Waals surface area (Å²) in [5.41, 5.74) is 1.01. The van der Waals surface area contributed by atoms with Crippen molar-refractivity contribution in [2.24, 2.45) is 0 Å². The van der Waals surface area contributed by atoms with Crippen molar-refractivity contribution in [1.82, 2.24) is 10.2 Å². The lowest BCUT2D eigenvalue weighted by Gasteiger charge is -2.32. The van der Waals surface area contributed by atoms with Crippen LogP contribution in [0.1, 0.15) is 32.8 Å². The highest BCUT2D eigenvalue weighted by Gasteiger charge is 2.34. The second-order valence-corrected chi connectivity index (χ2v) is 11.2. The molecule has 40 heavy (non-hydrogen) atoms. The van der Waals surface area contributed by atoms with Crippen LogP contribution in [-0.2, 0) is 26.2 Å². The Balaban J connectivity index is 2.05. The van der Waals surface area contributed by atoms with Gasteiger partial charge >= 0.3 is 0 Å². The quantitative estimate of drug-likeness (QED) is 0.332. The Hall–Kier alpha value is -4.05. The number of carbonyl (C=O) groups excluding carboxylic acids is 2. The highest BCUT2D eigenvalue weighted by atomic mass is 32.2. The average molecular weight is 568 g/mol. The Morgan fingerprint density at radius 2 is 1.50 bits per heavy atom. The first-order valence-corrected chi connectivity index (χ1v) is 14.5. The summed E-state index contributed by atoms with van der Waals surface area (Å²) in [6.45, 7) is 5.06. The van der Waals surface area contributed by atoms with Crippen molar-refractivity contribution in [2.75, 3.05) is 25.1 Å². The van der Waals surface area contributed by atoms with Gasteiger partial charge in [-0.3, -0.25) is 13.9 Å². The van der Waals surface area contributed by atoms with Gasteiger partial charge in [-0.05, 0) is 62.2 Å². The maximum atomic E-state index is 14.0. The molecule has 0 radical (unpaired) electrons. The number of amides is 2. The van der Waals surface area contributed by atoms with Crippen LogP contribution >= 0.6 is 0 Å². The van der Waals surface area contributed by atoms with Gasteiger partial charge in [0, 0.05) is 12.6 Å². The van der Waals surface area contributed by atoms with Crippen LogP contribution in [0.4, 0.5) is 5.69 Å². The zero-order valence-corrected chi connectivity index (χ0v) is 24.4. The molecule has 3 aromatic carbocycles. The van der Waals surface area contributed by atoms with Crippen LogP contribution in [0.25, 0.3) is 0 Å². The lowest BCUT2D eigenvalue weighted by Crippen LogP contribution is -2.52. The number of nitrogens with zero attached hydrogens (tertiary/aromatic N) is 2. The average Bonchev–Trinajstić information content (AvgIpc) is 2.98. The predicted octanol–water partition coefficient (Wildman–Crippen LogP) is 4.23. The largest absolute Gasteiger partial charge is 0.497 e. The first-order chi connectivity index (χ1) is 19.1. The molecule has 0 aromatic heterocycles. The minimum Gasteiger partial charge on any atom is -0.497 e. The number of hydrogen-bond donors (Lipinski definition) is 1. The van der Waals surface area contributed by atoms with Crippen LogP contribution in [0.2, 0.25) is 0 Å². The number of ether oxygens (including phenoxy) is 2. The second-order valence-electron chi connectivity index (χ2n) is 9.36. The van der Waals surface area contributed by atoms with E-state index in [1.54, 1.807) is 31.2 Å². The van der Waals surface area contributed by atoms with Crippen LogP contribution in [0.5, 0.6) is 11.5 Å². The van der Waals surface area contributed by atoms with Crippen LogP contribution in [0.15, 0.2) is 83.8 Å². The van der Waals surface area contributed by atoms with Gasteiger partial charge in [0.25, 0.3) is 10.0 Å². The third kappa shape index (κ3) is 7.32. The summed E-state index contributed by atoms with van der Waals surface area (Å²) in [7, 11) is -1.31. The van der Waals surface area contributed by atoms with E-state index >= 15 is 0 Å². The van der Waals surface area contributed by atoms with Crippen molar-refractivity contribution in [3.63, 3.8) is 0 Å². The number of rotatable bonds is 13. The highest BCUT2D eigenvalue weighted by molar-refractivity contribution is 7.92. The van der Waals surface area contributed by atoms with Crippen LogP contribution in [0, 0.1) is 0 Å². The van der Waals surface area contributed by atoms with Gasteiger partial charge in [0.15, 0.2) is 0 Å². The van der Waals surface area contributed by atoms with Gasteiger partial charge in [-0.2, -0.15) is 0 Å². The third-order valence-electron chi connectivity index (χ3n) is 6.64. The normalized spacial score (nSPS) is 12.6. The van der Waals surface area contributed by atoms with Crippen molar-refractivity contribution in [3.05, 3.63) is 84.4 Å². The van der Waals surface area contributed by atoms with E-state index in [0.29, 0.717) is 5.75 Å². The minimum atomic E-state index is -4.23. The number of benzene rings is 3. The fraction of sp³-hybridized carbons (Fsp3) is 0.333. The van der Waals surface area contributed by atoms with E-state index in [-0.39, 0.29) is 34.8 Å². The molecule has 0 spiro atoms. The number of nitrogens with one attached hydrogen (secondary N) is 1. The van der Waals surface area contributed by atoms with E-state index < -0.39 is 28.5 Å². The van der Waals surface area contributed by atoms with Gasteiger partial charge in [0.2, 0.25) is 11.8 Å². The van der Waals surface area contributed by atoms with E-state index in [4.69, 9.17) is 9.47 Å². The number of para-hydroxylation sites is 2. The molecule has 3 aromatic rings. The Kier molecular flexibility index (Phi) is 10.6. The molecule has 0 fully saturated rings. The Morgan fingerprint density at radius 3 is 2.10 bits per heavy atom. The topological polar surface area (TPSA) is 105 Å². The maximum Gasteiger partial charge on any atom is 0.264 e. The van der Waals surface area contributed by atoms with Gasteiger partial charge in [0.1, 0.15) is 24.1 Å². The number of anilines is 1. The van der Waals surface area contributed by atoms with Crippen LogP contribution in [0.3, 0.4) is 0 Å². The number of methoxy groups -OCH3 is 2. The number of carbonyl (C=O) groups is 2. The fourth-order valence-corrected chi connectivity index (χ4v) is 5.48. The van der Waals surface area contributed by atoms with Crippen molar-refractivity contribution in [2.45, 2.75) is 50.7 Å². The summed E-state index contributed by atoms with van der Waals surface area (Å²) in [6.07, 6.45) is 0.729. The molecule has 9 nitrogen and oxygen atoms in total. The molecule has 214 valence electrons. The van der Waals surface area contributed by atoms with E-state index in [1.165, 1.54) is 43.4 Å². The van der Waals surface area contributed by atoms with Crippen LogP contribution < -0.4 is 19.1 Å². The molecule has 0 unspecified atom stereocenters. The molecule has 2 amide bonds. The molecule has 0 saturated heterocycles. The standard InChI is InChI=1S/C30H37N3O6S/c1-6-22(2)31-30(35)23(3)32(20-24-12-8-7-9-13-24)29(34)21-33(27-14-10-11-15-28(27)39-5)40(36,37)26-18-16-25(38-4)17-19-26/h7-19,22-23H,6,20-21H2,1-5H3,(H,31,35)/t22-,23-/m1/s1. The van der Waals surface area contributed by atoms with Gasteiger partial charge in [-0.15, -0.1) is 0 Å². The summed E-state index contributed by atoms with van der Waals surface area (Å²) in [5, 5.41) is 2.92. The summed E-state index contributed by atoms with van der Waals surface area (Å²) < 4.78 is 39.6. The van der Waals surface area contributed by atoms with Crippen LogP contribution in [-0.4, -0.2) is 58.0 Å². The van der Waals surface area contributed by atoms with Crippen molar-refractivity contribution >= 4 is 27.5 Å². The predicted molar refractivity (Wildman–Crippen MR) is 155 cm³/mol. The first-order valence-electron chi connectivity index (χ1n) is 13.1. The lowest BCUT2D eigenvalue weighted by atomic mass is 10.1. The molecular weight excluding hydrogens is 530 g/mol. The summed E-state index contributed by atoms with van der Waals surface area (Å²) in [6, 6.07) is 20.8. The smallest absolute Gasteiger partial charge is 0.264 e. The fourth-order valence-electron chi connectivity index (χ4n) is 4.05. The molecule has 0 heterocycles. The molecule has 0 saturated carbocycles. The van der Waals surface area contributed by atoms with Crippen molar-refractivity contribution in [1.29, 1.82) is 0 Å². The van der Waals surface area contributed by atoms with Gasteiger partial charge in [-0.25, -0.2) is 8.42 Å². The molecular formula is C30H37N3O6S. The zero-order valence-electron chi connectivity index (χ0n) is 23.5. The Bertz CT molecular complexity index is 1380. The van der Waals surface area contributed by atoms with E-state index in [0.717, 1.165) is 16.3 Å². The molecule has 2 atom stereocenters. The summed E-state index contributed by atoms with van der Waals surface area (Å²) in [4.78, 5) is 28.5. The van der Waals surface area contributed by atoms with Gasteiger partial charge in [-0.1, -0.05) is 49.4 Å². The molecule has 0 aliphatic carbocycles. The summed E-state index contributed by atoms with van der Waals surface area (Å²) in [5.74, 6) is -0.0854. The van der Waals surface area contributed by atoms with Gasteiger partial charge < -0.3 is 19.7 Å². The van der Waals surface area contributed by atoms with E-state index in [1.807, 2.05) is 44.2 Å². The number of hydrogen-bond acceptors (Lipinski definition) is 6. The Labute approximate surface area is 236 Å². The molecule has 0 bridgehead atoms. The highest BCUT2D eigenvalue weighted by Crippen LogP contribution is 2.33. The second kappa shape index (κ2) is 13.8. The first kappa shape index (κ1) is 30.5. The minimum absolute atomic E-state index is 0.0239. The number of sulfonamides is 1. The third-order valence-corrected chi connectivity index (χ3v) is 8.42. The van der Waals surface area contributed by atoms with Gasteiger partial charge in [0.05, 0.1) is 24.8 Å². The Morgan fingerprint density at radius 1 is 0.875 bits per heavy atom. The maximum absolute atomic E-state index is 14.0.